The van der Waals surface area contributed by atoms with Gasteiger partial charge >= 0.3 is 5.97 Å². The Kier molecular flexibility index (Phi) is 2.17. The number of carbonyl (C=O) groups is 1. The molecule has 0 radical (unpaired) electrons. The lowest BCUT2D eigenvalue weighted by molar-refractivity contribution is -0.142. The smallest absolute Gasteiger partial charge is 0.308 e. The molecule has 17 heavy (non-hydrogen) atoms. The van der Waals surface area contributed by atoms with Gasteiger partial charge in [0.05, 0.1) is 12.2 Å². The van der Waals surface area contributed by atoms with Gasteiger partial charge in [-0.25, -0.2) is 4.98 Å². The highest BCUT2D eigenvalue weighted by atomic mass is 16.4. The number of H-pyrrole nitrogens is 1. The fourth-order valence-corrected chi connectivity index (χ4v) is 3.11. The maximum absolute atomic E-state index is 11.3. The second kappa shape index (κ2) is 3.58. The molecule has 2 aliphatic heterocycles. The fraction of sp³-hybridized carbons (Fsp3) is 0.545. The molecular formula is C11H13N3O3. The summed E-state index contributed by atoms with van der Waals surface area (Å²) in [7, 11) is 0. The number of hydrogen-bond donors (Lipinski definition) is 2. The predicted octanol–water partition coefficient (Wildman–Crippen LogP) is 0.212. The van der Waals surface area contributed by atoms with E-state index in [4.69, 9.17) is 5.11 Å². The van der Waals surface area contributed by atoms with Crippen molar-refractivity contribution in [1.29, 1.82) is 0 Å². The van der Waals surface area contributed by atoms with Crippen molar-refractivity contribution in [1.82, 2.24) is 9.97 Å². The number of nitrogens with one attached hydrogen (secondary N) is 1. The van der Waals surface area contributed by atoms with Crippen LogP contribution in [0.4, 0.5) is 5.82 Å². The zero-order valence-corrected chi connectivity index (χ0v) is 9.17. The van der Waals surface area contributed by atoms with Crippen LogP contribution < -0.4 is 10.5 Å². The molecule has 3 heterocycles. The Morgan fingerprint density at radius 1 is 1.53 bits per heavy atom. The molecule has 2 fully saturated rings. The number of aliphatic carboxylic acids is 1. The number of fused-ring (bicyclic) bond motifs is 2. The second-order valence-corrected chi connectivity index (χ2v) is 4.66. The monoisotopic (exact) mass is 235 g/mol. The van der Waals surface area contributed by atoms with Crippen molar-refractivity contribution in [3.05, 3.63) is 22.7 Å². The van der Waals surface area contributed by atoms with Gasteiger partial charge in [0.25, 0.3) is 5.56 Å². The van der Waals surface area contributed by atoms with Crippen molar-refractivity contribution in [2.24, 2.45) is 5.92 Å². The summed E-state index contributed by atoms with van der Waals surface area (Å²) >= 11 is 0. The minimum atomic E-state index is -0.743. The molecule has 1 aromatic rings. The third-order valence-corrected chi connectivity index (χ3v) is 3.78. The van der Waals surface area contributed by atoms with Crippen LogP contribution in [0.15, 0.2) is 17.2 Å². The van der Waals surface area contributed by atoms with Gasteiger partial charge in [-0.3, -0.25) is 9.59 Å². The first-order valence-electron chi connectivity index (χ1n) is 5.72. The topological polar surface area (TPSA) is 86.3 Å². The molecule has 90 valence electrons. The summed E-state index contributed by atoms with van der Waals surface area (Å²) < 4.78 is 0. The van der Waals surface area contributed by atoms with Crippen molar-refractivity contribution in [2.45, 2.75) is 31.3 Å². The van der Waals surface area contributed by atoms with Crippen LogP contribution in [0.3, 0.4) is 0 Å². The number of carboxylic acids is 1. The highest BCUT2D eigenvalue weighted by molar-refractivity contribution is 5.73. The van der Waals surface area contributed by atoms with E-state index in [9.17, 15) is 9.59 Å². The number of hydrogen-bond acceptors (Lipinski definition) is 4. The van der Waals surface area contributed by atoms with Crippen LogP contribution >= 0.6 is 0 Å². The van der Waals surface area contributed by atoms with Gasteiger partial charge in [-0.15, -0.1) is 0 Å². The number of rotatable bonds is 2. The third kappa shape index (κ3) is 1.51. The van der Waals surface area contributed by atoms with E-state index in [-0.39, 0.29) is 23.6 Å². The van der Waals surface area contributed by atoms with Gasteiger partial charge in [0.2, 0.25) is 0 Å². The minimum Gasteiger partial charge on any atom is -0.481 e. The number of aromatic nitrogens is 2. The summed E-state index contributed by atoms with van der Waals surface area (Å²) in [6.45, 7) is 0. The van der Waals surface area contributed by atoms with E-state index in [0.29, 0.717) is 12.2 Å². The molecule has 0 spiro atoms. The zero-order chi connectivity index (χ0) is 12.0. The lowest BCUT2D eigenvalue weighted by atomic mass is 9.89. The second-order valence-electron chi connectivity index (χ2n) is 4.66. The Balaban J connectivity index is 1.95. The average Bonchev–Trinajstić information content (AvgIpc) is 2.85. The first kappa shape index (κ1) is 10.3. The molecule has 0 saturated carbocycles. The molecule has 6 heteroatoms. The van der Waals surface area contributed by atoms with Crippen LogP contribution in [-0.2, 0) is 4.79 Å². The van der Waals surface area contributed by atoms with Crippen molar-refractivity contribution in [2.75, 3.05) is 4.90 Å². The van der Waals surface area contributed by atoms with Crippen molar-refractivity contribution in [3.63, 3.8) is 0 Å². The third-order valence-electron chi connectivity index (χ3n) is 3.78. The molecule has 1 aromatic heterocycles. The molecule has 6 nitrogen and oxygen atoms in total. The lowest BCUT2D eigenvalue weighted by Crippen LogP contribution is -2.34. The summed E-state index contributed by atoms with van der Waals surface area (Å²) in [4.78, 5) is 31.0. The number of carboxylic acid groups (broad SMARTS) is 1. The Morgan fingerprint density at radius 3 is 3.00 bits per heavy atom. The first-order chi connectivity index (χ1) is 8.16. The van der Waals surface area contributed by atoms with Gasteiger partial charge in [-0.2, -0.15) is 0 Å². The van der Waals surface area contributed by atoms with E-state index in [1.54, 1.807) is 0 Å². The van der Waals surface area contributed by atoms with Crippen LogP contribution in [-0.4, -0.2) is 33.1 Å². The molecule has 3 atom stereocenters. The van der Waals surface area contributed by atoms with Crippen LogP contribution in [0.5, 0.6) is 0 Å². The molecule has 0 amide bonds. The van der Waals surface area contributed by atoms with Crippen LogP contribution in [0, 0.1) is 5.92 Å². The lowest BCUT2D eigenvalue weighted by Gasteiger charge is -2.23. The van der Waals surface area contributed by atoms with Crippen LogP contribution in [0.2, 0.25) is 0 Å². The quantitative estimate of drug-likeness (QED) is 0.765. The Hall–Kier alpha value is -1.85. The van der Waals surface area contributed by atoms with E-state index in [2.05, 4.69) is 9.97 Å². The summed E-state index contributed by atoms with van der Waals surface area (Å²) in [6.07, 6.45) is 3.89. The average molecular weight is 235 g/mol. The van der Waals surface area contributed by atoms with Crippen molar-refractivity contribution >= 4 is 11.8 Å². The Morgan fingerprint density at radius 2 is 2.35 bits per heavy atom. The van der Waals surface area contributed by atoms with Gasteiger partial charge in [0.15, 0.2) is 0 Å². The van der Waals surface area contributed by atoms with E-state index in [1.165, 1.54) is 12.4 Å². The highest BCUT2D eigenvalue weighted by Gasteiger charge is 2.49. The standard InChI is InChI=1S/C11H13N3O3/c15-10-4-9(12-5-13-10)14-6-1-2-8(14)7(3-6)11(16)17/h4-8H,1-3H2,(H,16,17)(H,12,13,15). The molecule has 0 aromatic carbocycles. The maximum atomic E-state index is 11.3. The van der Waals surface area contributed by atoms with Crippen LogP contribution in [0.1, 0.15) is 19.3 Å². The highest BCUT2D eigenvalue weighted by Crippen LogP contribution is 2.43. The Labute approximate surface area is 97.3 Å². The zero-order valence-electron chi connectivity index (χ0n) is 9.17. The number of aromatic amines is 1. The molecule has 2 N–H and O–H groups in total. The summed E-state index contributed by atoms with van der Waals surface area (Å²) in [5.41, 5.74) is -0.201. The summed E-state index contributed by atoms with van der Waals surface area (Å²) in [5.74, 6) is -0.466. The molecular weight excluding hydrogens is 222 g/mol. The Bertz CT molecular complexity index is 513. The van der Waals surface area contributed by atoms with Crippen molar-refractivity contribution < 1.29 is 9.90 Å². The minimum absolute atomic E-state index is 0.00759. The molecule has 2 saturated heterocycles. The normalized spacial score (nSPS) is 30.8. The van der Waals surface area contributed by atoms with E-state index < -0.39 is 5.97 Å². The number of anilines is 1. The van der Waals surface area contributed by atoms with Crippen LogP contribution in [0.25, 0.3) is 0 Å². The molecule has 3 unspecified atom stereocenters. The molecule has 2 bridgehead atoms. The number of nitrogens with zero attached hydrogens (tertiary/aromatic N) is 2. The fourth-order valence-electron chi connectivity index (χ4n) is 3.11. The molecule has 3 rings (SSSR count). The van der Waals surface area contributed by atoms with Gasteiger partial charge in [-0.05, 0) is 19.3 Å². The van der Waals surface area contributed by atoms with E-state index in [1.807, 2.05) is 4.90 Å². The summed E-state index contributed by atoms with van der Waals surface area (Å²) in [5, 5.41) is 9.14. The van der Waals surface area contributed by atoms with Gasteiger partial charge in [0, 0.05) is 18.2 Å². The largest absolute Gasteiger partial charge is 0.481 e. The van der Waals surface area contributed by atoms with Crippen molar-refractivity contribution in [3.8, 4) is 0 Å². The maximum Gasteiger partial charge on any atom is 0.308 e. The summed E-state index contributed by atoms with van der Waals surface area (Å²) in [6, 6.07) is 1.65. The SMILES string of the molecule is O=C(O)C1CC2CCC1N2c1cc(=O)[nH]cn1. The van der Waals surface area contributed by atoms with E-state index in [0.717, 1.165) is 12.8 Å². The van der Waals surface area contributed by atoms with E-state index >= 15 is 0 Å². The van der Waals surface area contributed by atoms with Gasteiger partial charge in [-0.1, -0.05) is 0 Å². The molecule has 0 aliphatic carbocycles. The first-order valence-corrected chi connectivity index (χ1v) is 5.72. The molecule has 2 aliphatic rings. The van der Waals surface area contributed by atoms with Gasteiger partial charge < -0.3 is 15.0 Å². The predicted molar refractivity (Wildman–Crippen MR) is 59.9 cm³/mol. The van der Waals surface area contributed by atoms with Gasteiger partial charge in [0.1, 0.15) is 5.82 Å².